The van der Waals surface area contributed by atoms with Gasteiger partial charge in [0.25, 0.3) is 5.91 Å². The fraction of sp³-hybridized carbons (Fsp3) is 0.192. The van der Waals surface area contributed by atoms with E-state index in [2.05, 4.69) is 15.5 Å². The third kappa shape index (κ3) is 3.87. The quantitative estimate of drug-likeness (QED) is 0.414. The number of nitrogens with zero attached hydrogens (tertiary/aromatic N) is 1. The molecule has 160 valence electrons. The van der Waals surface area contributed by atoms with Crippen LogP contribution in [-0.4, -0.2) is 27.9 Å². The fourth-order valence-electron chi connectivity index (χ4n) is 4.21. The third-order valence-electron chi connectivity index (χ3n) is 5.88. The van der Waals surface area contributed by atoms with E-state index in [1.54, 1.807) is 12.3 Å². The predicted molar refractivity (Wildman–Crippen MR) is 121 cm³/mol. The van der Waals surface area contributed by atoms with Crippen LogP contribution in [0.5, 0.6) is 0 Å². The van der Waals surface area contributed by atoms with E-state index in [1.165, 1.54) is 0 Å². The molecule has 0 radical (unpaired) electrons. The highest BCUT2D eigenvalue weighted by Crippen LogP contribution is 2.34. The summed E-state index contributed by atoms with van der Waals surface area (Å²) >= 11 is 0. The van der Waals surface area contributed by atoms with Crippen LogP contribution < -0.4 is 5.32 Å². The van der Waals surface area contributed by atoms with Gasteiger partial charge in [0.05, 0.1) is 5.56 Å². The number of hydrogen-bond acceptors (Lipinski definition) is 4. The van der Waals surface area contributed by atoms with Crippen molar-refractivity contribution in [3.05, 3.63) is 89.7 Å². The molecule has 0 saturated heterocycles. The first-order valence-electron chi connectivity index (χ1n) is 10.8. The molecule has 1 fully saturated rings. The van der Waals surface area contributed by atoms with Crippen molar-refractivity contribution in [2.75, 3.05) is 0 Å². The Morgan fingerprint density at radius 3 is 2.28 bits per heavy atom. The normalized spacial score (nSPS) is 13.9. The Kier molecular flexibility index (Phi) is 5.42. The number of ketones is 1. The average Bonchev–Trinajstić information content (AvgIpc) is 3.60. The molecule has 2 aromatic carbocycles. The van der Waals surface area contributed by atoms with E-state index in [-0.39, 0.29) is 17.7 Å². The molecule has 1 aliphatic carbocycles. The molecule has 1 amide bonds. The minimum absolute atomic E-state index is 0.187. The van der Waals surface area contributed by atoms with Gasteiger partial charge in [0.15, 0.2) is 5.76 Å². The maximum Gasteiger partial charge on any atom is 0.267 e. The van der Waals surface area contributed by atoms with Crippen LogP contribution in [0.25, 0.3) is 22.6 Å². The molecule has 0 aliphatic heterocycles. The lowest BCUT2D eigenvalue weighted by Gasteiger charge is -2.10. The zero-order valence-electron chi connectivity index (χ0n) is 17.5. The van der Waals surface area contributed by atoms with Crippen molar-refractivity contribution in [3.8, 4) is 22.6 Å². The number of carbonyl (C=O) groups is 2. The molecule has 4 aromatic rings. The van der Waals surface area contributed by atoms with E-state index in [1.807, 2.05) is 60.7 Å². The van der Waals surface area contributed by atoms with Crippen LogP contribution in [0.1, 0.15) is 52.1 Å². The number of nitrogens with one attached hydrogen (secondary N) is 2. The van der Waals surface area contributed by atoms with Gasteiger partial charge in [-0.2, -0.15) is 0 Å². The lowest BCUT2D eigenvalue weighted by Crippen LogP contribution is -2.32. The highest BCUT2D eigenvalue weighted by Gasteiger charge is 2.27. The molecule has 0 spiro atoms. The van der Waals surface area contributed by atoms with E-state index >= 15 is 0 Å². The zero-order valence-corrected chi connectivity index (χ0v) is 17.5. The number of aromatic nitrogens is 2. The Balaban J connectivity index is 1.51. The van der Waals surface area contributed by atoms with Crippen LogP contribution in [0.15, 0.2) is 77.4 Å². The molecule has 2 aromatic heterocycles. The summed E-state index contributed by atoms with van der Waals surface area (Å²) in [6, 6.07) is 20.7. The molecule has 32 heavy (non-hydrogen) atoms. The second kappa shape index (κ2) is 8.67. The Morgan fingerprint density at radius 2 is 1.59 bits per heavy atom. The summed E-state index contributed by atoms with van der Waals surface area (Å²) in [6.45, 7) is 0. The number of benzene rings is 2. The van der Waals surface area contributed by atoms with E-state index < -0.39 is 0 Å². The predicted octanol–water partition coefficient (Wildman–Crippen LogP) is 5.24. The Bertz CT molecular complexity index is 1180. The van der Waals surface area contributed by atoms with Crippen LogP contribution in [0.4, 0.5) is 0 Å². The number of H-pyrrole nitrogens is 1. The molecule has 1 saturated carbocycles. The van der Waals surface area contributed by atoms with Gasteiger partial charge in [-0.25, -0.2) is 0 Å². The number of hydrogen-bond donors (Lipinski definition) is 2. The first-order valence-corrected chi connectivity index (χ1v) is 10.8. The first kappa shape index (κ1) is 20.0. The van der Waals surface area contributed by atoms with Crippen LogP contribution in [0.3, 0.4) is 0 Å². The van der Waals surface area contributed by atoms with Gasteiger partial charge >= 0.3 is 0 Å². The maximum atomic E-state index is 13.6. The van der Waals surface area contributed by atoms with Gasteiger partial charge in [-0.15, -0.1) is 0 Å². The SMILES string of the molecule is O=C(NC1CCCC1)c1cc(C(=O)c2c(-c3ccccc3)noc2-c2ccccc2)c[nH]1. The highest BCUT2D eigenvalue weighted by molar-refractivity contribution is 6.16. The second-order valence-electron chi connectivity index (χ2n) is 8.05. The van der Waals surface area contributed by atoms with Gasteiger partial charge in [0.2, 0.25) is 5.78 Å². The van der Waals surface area contributed by atoms with E-state index in [4.69, 9.17) is 4.52 Å². The van der Waals surface area contributed by atoms with Crippen LogP contribution in [-0.2, 0) is 0 Å². The van der Waals surface area contributed by atoms with Crippen molar-refractivity contribution in [1.82, 2.24) is 15.5 Å². The summed E-state index contributed by atoms with van der Waals surface area (Å²) in [5.41, 5.74) is 3.17. The molecule has 6 heteroatoms. The molecular formula is C26H23N3O3. The Morgan fingerprint density at radius 1 is 0.938 bits per heavy atom. The molecule has 2 N–H and O–H groups in total. The van der Waals surface area contributed by atoms with Gasteiger partial charge in [0.1, 0.15) is 11.4 Å². The van der Waals surface area contributed by atoms with E-state index in [0.29, 0.717) is 28.3 Å². The topological polar surface area (TPSA) is 88.0 Å². The molecule has 1 aliphatic rings. The van der Waals surface area contributed by atoms with Gasteiger partial charge in [-0.1, -0.05) is 78.7 Å². The van der Waals surface area contributed by atoms with Crippen molar-refractivity contribution < 1.29 is 14.1 Å². The monoisotopic (exact) mass is 425 g/mol. The van der Waals surface area contributed by atoms with Gasteiger partial charge in [-0.3, -0.25) is 9.59 Å². The van der Waals surface area contributed by atoms with E-state index in [9.17, 15) is 9.59 Å². The molecular weight excluding hydrogens is 402 g/mol. The number of amides is 1. The number of carbonyl (C=O) groups excluding carboxylic acids is 2. The maximum absolute atomic E-state index is 13.6. The molecule has 5 rings (SSSR count). The van der Waals surface area contributed by atoms with Gasteiger partial charge in [0, 0.05) is 28.9 Å². The molecule has 6 nitrogen and oxygen atoms in total. The zero-order chi connectivity index (χ0) is 21.9. The van der Waals surface area contributed by atoms with Gasteiger partial charge in [-0.05, 0) is 18.9 Å². The smallest absolute Gasteiger partial charge is 0.267 e. The molecule has 0 atom stereocenters. The second-order valence-corrected chi connectivity index (χ2v) is 8.05. The fourth-order valence-corrected chi connectivity index (χ4v) is 4.21. The summed E-state index contributed by atoms with van der Waals surface area (Å²) in [5.74, 6) is -0.0273. The van der Waals surface area contributed by atoms with E-state index in [0.717, 1.165) is 36.8 Å². The largest absolute Gasteiger partial charge is 0.356 e. The van der Waals surface area contributed by atoms with Crippen molar-refractivity contribution in [2.45, 2.75) is 31.7 Å². The number of rotatable bonds is 6. The first-order chi connectivity index (χ1) is 15.7. The van der Waals surface area contributed by atoms with Crippen molar-refractivity contribution in [1.29, 1.82) is 0 Å². The lowest BCUT2D eigenvalue weighted by molar-refractivity contribution is 0.0933. The molecule has 0 unspecified atom stereocenters. The number of aromatic amines is 1. The third-order valence-corrected chi connectivity index (χ3v) is 5.88. The average molecular weight is 425 g/mol. The summed E-state index contributed by atoms with van der Waals surface area (Å²) in [4.78, 5) is 29.2. The summed E-state index contributed by atoms with van der Waals surface area (Å²) < 4.78 is 5.66. The molecule has 2 heterocycles. The summed E-state index contributed by atoms with van der Waals surface area (Å²) in [7, 11) is 0. The summed E-state index contributed by atoms with van der Waals surface area (Å²) in [6.07, 6.45) is 5.84. The Hall–Kier alpha value is -3.93. The standard InChI is InChI=1S/C26H23N3O3/c30-24(19-15-21(27-16-19)26(31)28-20-13-7-8-14-20)22-23(17-9-3-1-4-10-17)29-32-25(22)18-11-5-2-6-12-18/h1-6,9-12,15-16,20,27H,7-8,13-14H2,(H,28,31). The van der Waals surface area contributed by atoms with Crippen molar-refractivity contribution >= 4 is 11.7 Å². The lowest BCUT2D eigenvalue weighted by atomic mass is 9.96. The minimum atomic E-state index is -0.250. The Labute approximate surface area is 185 Å². The summed E-state index contributed by atoms with van der Waals surface area (Å²) in [5, 5.41) is 7.28. The minimum Gasteiger partial charge on any atom is -0.356 e. The van der Waals surface area contributed by atoms with Crippen LogP contribution in [0.2, 0.25) is 0 Å². The van der Waals surface area contributed by atoms with Crippen molar-refractivity contribution in [3.63, 3.8) is 0 Å². The van der Waals surface area contributed by atoms with Gasteiger partial charge < -0.3 is 14.8 Å². The van der Waals surface area contributed by atoms with Crippen LogP contribution >= 0.6 is 0 Å². The molecule has 0 bridgehead atoms. The highest BCUT2D eigenvalue weighted by atomic mass is 16.5. The van der Waals surface area contributed by atoms with Crippen LogP contribution in [0, 0.1) is 0 Å². The van der Waals surface area contributed by atoms with Crippen molar-refractivity contribution in [2.24, 2.45) is 0 Å².